The number of carbonyl (C=O) groups is 2. The van der Waals surface area contributed by atoms with Gasteiger partial charge in [-0.1, -0.05) is 0 Å². The maximum absolute atomic E-state index is 13.5. The Labute approximate surface area is 230 Å². The fraction of sp³-hybridized carbons (Fsp3) is 0.267. The molecule has 0 saturated heterocycles. The number of rotatable bonds is 8. The molecule has 2 aliphatic heterocycles. The standard InChI is InChI=1S/C30H28O10/c1-33-20-14-22(35-3)21(34-2)11-16(20)12-23-28(32)17-7-8-19-27(29(17)40-23)18(13-26(31)39-19)15-9-24(36-4)30(38-6)25(10-15)37-5/h7-12,14,18H,13H2,1-6H3/b23-12-. The van der Waals surface area contributed by atoms with E-state index in [0.717, 1.165) is 0 Å². The molecule has 208 valence electrons. The minimum absolute atomic E-state index is 0.0161. The SMILES string of the molecule is COc1cc(OC)c(OC)cc1/C=C1\Oc2c(ccc3c2C(c2cc(OC)c(OC)c(OC)c2)CC(=O)O3)C1=O. The average Bonchev–Trinajstić information content (AvgIpc) is 3.29. The second-order valence-corrected chi connectivity index (χ2v) is 8.93. The Morgan fingerprint density at radius 1 is 0.725 bits per heavy atom. The molecule has 0 fully saturated rings. The molecule has 3 aromatic carbocycles. The van der Waals surface area contributed by atoms with Crippen molar-refractivity contribution in [1.29, 1.82) is 0 Å². The Balaban J connectivity index is 1.63. The van der Waals surface area contributed by atoms with Crippen LogP contribution >= 0.6 is 0 Å². The second kappa shape index (κ2) is 10.7. The number of ketones is 1. The topological polar surface area (TPSA) is 108 Å². The predicted molar refractivity (Wildman–Crippen MR) is 144 cm³/mol. The molecular formula is C30H28O10. The number of carbonyl (C=O) groups excluding carboxylic acids is 2. The van der Waals surface area contributed by atoms with Crippen LogP contribution in [0, 0.1) is 0 Å². The number of hydrogen-bond donors (Lipinski definition) is 0. The summed E-state index contributed by atoms with van der Waals surface area (Å²) in [5, 5.41) is 0. The molecular weight excluding hydrogens is 520 g/mol. The summed E-state index contributed by atoms with van der Waals surface area (Å²) in [6.45, 7) is 0. The van der Waals surface area contributed by atoms with Crippen molar-refractivity contribution in [2.75, 3.05) is 42.7 Å². The van der Waals surface area contributed by atoms with E-state index in [1.54, 1.807) is 42.5 Å². The smallest absolute Gasteiger partial charge is 0.312 e. The van der Waals surface area contributed by atoms with E-state index in [0.29, 0.717) is 68.2 Å². The predicted octanol–water partition coefficient (Wildman–Crippen LogP) is 4.80. The van der Waals surface area contributed by atoms with Crippen LogP contribution < -0.4 is 37.9 Å². The molecule has 0 aromatic heterocycles. The summed E-state index contributed by atoms with van der Waals surface area (Å²) in [5.41, 5.74) is 2.18. The van der Waals surface area contributed by atoms with Crippen molar-refractivity contribution in [3.8, 4) is 46.0 Å². The first-order chi connectivity index (χ1) is 19.4. The maximum Gasteiger partial charge on any atom is 0.312 e. The van der Waals surface area contributed by atoms with Gasteiger partial charge < -0.3 is 37.9 Å². The van der Waals surface area contributed by atoms with E-state index in [4.69, 9.17) is 37.9 Å². The van der Waals surface area contributed by atoms with Crippen LogP contribution in [-0.4, -0.2) is 54.4 Å². The summed E-state index contributed by atoms with van der Waals surface area (Å²) < 4.78 is 44.6. The molecule has 0 N–H and O–H groups in total. The van der Waals surface area contributed by atoms with E-state index in [-0.39, 0.29) is 18.0 Å². The van der Waals surface area contributed by atoms with Gasteiger partial charge in [0.2, 0.25) is 11.5 Å². The molecule has 0 bridgehead atoms. The third-order valence-corrected chi connectivity index (χ3v) is 6.89. The van der Waals surface area contributed by atoms with Gasteiger partial charge in [-0.15, -0.1) is 0 Å². The van der Waals surface area contributed by atoms with Gasteiger partial charge in [0, 0.05) is 23.1 Å². The number of benzene rings is 3. The lowest BCUT2D eigenvalue weighted by Gasteiger charge is -2.27. The lowest BCUT2D eigenvalue weighted by Crippen LogP contribution is -2.21. The van der Waals surface area contributed by atoms with E-state index >= 15 is 0 Å². The lowest BCUT2D eigenvalue weighted by atomic mass is 9.84. The molecule has 10 heteroatoms. The van der Waals surface area contributed by atoms with Crippen LogP contribution in [-0.2, 0) is 4.79 Å². The van der Waals surface area contributed by atoms with Gasteiger partial charge >= 0.3 is 5.97 Å². The molecule has 1 atom stereocenters. The van der Waals surface area contributed by atoms with Crippen molar-refractivity contribution in [3.05, 3.63) is 64.4 Å². The number of fused-ring (bicyclic) bond motifs is 3. The Hall–Kier alpha value is -4.86. The van der Waals surface area contributed by atoms with Crippen molar-refractivity contribution in [2.45, 2.75) is 12.3 Å². The van der Waals surface area contributed by atoms with Crippen LogP contribution in [0.15, 0.2) is 42.2 Å². The minimum atomic E-state index is -0.511. The van der Waals surface area contributed by atoms with Crippen molar-refractivity contribution < 1.29 is 47.5 Å². The monoisotopic (exact) mass is 548 g/mol. The van der Waals surface area contributed by atoms with Gasteiger partial charge in [-0.05, 0) is 42.0 Å². The van der Waals surface area contributed by atoms with Crippen LogP contribution in [0.4, 0.5) is 0 Å². The van der Waals surface area contributed by atoms with Gasteiger partial charge in [-0.3, -0.25) is 9.59 Å². The Kier molecular flexibility index (Phi) is 7.17. The van der Waals surface area contributed by atoms with Crippen LogP contribution in [0.5, 0.6) is 46.0 Å². The summed E-state index contributed by atoms with van der Waals surface area (Å²) in [5.74, 6) is 2.15. The quantitative estimate of drug-likeness (QED) is 0.221. The highest BCUT2D eigenvalue weighted by molar-refractivity contribution is 6.15. The van der Waals surface area contributed by atoms with E-state index in [1.807, 2.05) is 0 Å². The van der Waals surface area contributed by atoms with Gasteiger partial charge in [0.1, 0.15) is 17.2 Å². The van der Waals surface area contributed by atoms with Crippen molar-refractivity contribution in [2.24, 2.45) is 0 Å². The van der Waals surface area contributed by atoms with Gasteiger partial charge in [-0.25, -0.2) is 0 Å². The normalized spacial score (nSPS) is 16.4. The summed E-state index contributed by atoms with van der Waals surface area (Å²) >= 11 is 0. The van der Waals surface area contributed by atoms with E-state index in [2.05, 4.69) is 0 Å². The molecule has 3 aromatic rings. The molecule has 0 amide bonds. The van der Waals surface area contributed by atoms with Gasteiger partial charge in [-0.2, -0.15) is 0 Å². The number of esters is 1. The number of methoxy groups -OCH3 is 6. The fourth-order valence-electron chi connectivity index (χ4n) is 5.00. The summed E-state index contributed by atoms with van der Waals surface area (Å²) in [6.07, 6.45) is 1.60. The third kappa shape index (κ3) is 4.41. The maximum atomic E-state index is 13.5. The molecule has 40 heavy (non-hydrogen) atoms. The number of Topliss-reactive ketones (excluding diaryl/α,β-unsaturated/α-hetero) is 1. The molecule has 1 unspecified atom stereocenters. The first-order valence-electron chi connectivity index (χ1n) is 12.3. The molecule has 10 nitrogen and oxygen atoms in total. The van der Waals surface area contributed by atoms with Crippen molar-refractivity contribution in [3.63, 3.8) is 0 Å². The largest absolute Gasteiger partial charge is 0.496 e. The zero-order chi connectivity index (χ0) is 28.6. The fourth-order valence-corrected chi connectivity index (χ4v) is 5.00. The van der Waals surface area contributed by atoms with Crippen LogP contribution in [0.1, 0.15) is 39.4 Å². The van der Waals surface area contributed by atoms with Gasteiger partial charge in [0.25, 0.3) is 0 Å². The lowest BCUT2D eigenvalue weighted by molar-refractivity contribution is -0.135. The molecule has 2 aliphatic rings. The number of allylic oxidation sites excluding steroid dienone is 1. The number of hydrogen-bond acceptors (Lipinski definition) is 10. The van der Waals surface area contributed by atoms with Crippen molar-refractivity contribution >= 4 is 17.8 Å². The first-order valence-corrected chi connectivity index (χ1v) is 12.3. The number of ether oxygens (including phenoxy) is 8. The molecule has 0 saturated carbocycles. The van der Waals surface area contributed by atoms with Crippen LogP contribution in [0.3, 0.4) is 0 Å². The molecule has 0 radical (unpaired) electrons. The van der Waals surface area contributed by atoms with Crippen molar-refractivity contribution in [1.82, 2.24) is 0 Å². The average molecular weight is 549 g/mol. The van der Waals surface area contributed by atoms with E-state index in [1.165, 1.54) is 42.7 Å². The summed E-state index contributed by atoms with van der Waals surface area (Å²) in [6, 6.07) is 10.1. The Morgan fingerprint density at radius 3 is 1.95 bits per heavy atom. The van der Waals surface area contributed by atoms with E-state index in [9.17, 15) is 9.59 Å². The Morgan fingerprint density at radius 2 is 1.35 bits per heavy atom. The summed E-state index contributed by atoms with van der Waals surface area (Å²) in [7, 11) is 9.11. The molecule has 2 heterocycles. The summed E-state index contributed by atoms with van der Waals surface area (Å²) in [4.78, 5) is 26.1. The second-order valence-electron chi connectivity index (χ2n) is 8.93. The highest BCUT2D eigenvalue weighted by Gasteiger charge is 2.39. The van der Waals surface area contributed by atoms with Gasteiger partial charge in [0.15, 0.2) is 28.8 Å². The minimum Gasteiger partial charge on any atom is -0.496 e. The highest BCUT2D eigenvalue weighted by atomic mass is 16.5. The zero-order valence-electron chi connectivity index (χ0n) is 22.9. The van der Waals surface area contributed by atoms with E-state index < -0.39 is 11.9 Å². The van der Waals surface area contributed by atoms with Crippen LogP contribution in [0.25, 0.3) is 6.08 Å². The molecule has 5 rings (SSSR count). The van der Waals surface area contributed by atoms with Gasteiger partial charge in [0.05, 0.1) is 54.6 Å². The first kappa shape index (κ1) is 26.7. The zero-order valence-corrected chi connectivity index (χ0v) is 22.9. The highest BCUT2D eigenvalue weighted by Crippen LogP contribution is 2.51. The third-order valence-electron chi connectivity index (χ3n) is 6.89. The van der Waals surface area contributed by atoms with Crippen LogP contribution in [0.2, 0.25) is 0 Å². The Bertz CT molecular complexity index is 1510. The molecule has 0 spiro atoms. The molecule has 0 aliphatic carbocycles.